The van der Waals surface area contributed by atoms with Crippen LogP contribution in [0, 0.1) is 11.8 Å². The van der Waals surface area contributed by atoms with E-state index in [-0.39, 0.29) is 5.92 Å². The van der Waals surface area contributed by atoms with E-state index in [4.69, 9.17) is 4.74 Å². The molecule has 3 nitrogen and oxygen atoms in total. The summed E-state index contributed by atoms with van der Waals surface area (Å²) in [4.78, 5) is 13.0. The van der Waals surface area contributed by atoms with Gasteiger partial charge in [0.15, 0.2) is 0 Å². The van der Waals surface area contributed by atoms with Crippen molar-refractivity contribution in [2.75, 3.05) is 32.8 Å². The smallest absolute Gasteiger partial charge is 0.201 e. The lowest BCUT2D eigenvalue weighted by atomic mass is 9.94. The second-order valence-corrected chi connectivity index (χ2v) is 5.08. The van der Waals surface area contributed by atoms with E-state index in [0.29, 0.717) is 0 Å². The standard InChI is InChI=1S/C13H22NO2/c15-11-13-2-7-14(8-3-13)6-1-12-4-9-16-10-5-12/h12-13H,1-10H2. The normalized spacial score (nSPS) is 25.8. The fraction of sp³-hybridized carbons (Fsp3) is 0.923. The van der Waals surface area contributed by atoms with Crippen LogP contribution in [-0.2, 0) is 9.53 Å². The molecular formula is C13H22NO2. The zero-order valence-corrected chi connectivity index (χ0v) is 9.99. The van der Waals surface area contributed by atoms with Gasteiger partial charge in [0.1, 0.15) is 0 Å². The van der Waals surface area contributed by atoms with Crippen LogP contribution < -0.4 is 0 Å². The van der Waals surface area contributed by atoms with Crippen molar-refractivity contribution in [3.05, 3.63) is 0 Å². The molecule has 0 bridgehead atoms. The number of hydrogen-bond donors (Lipinski definition) is 0. The van der Waals surface area contributed by atoms with Crippen molar-refractivity contribution in [1.29, 1.82) is 0 Å². The quantitative estimate of drug-likeness (QED) is 0.727. The molecule has 0 saturated carbocycles. The highest BCUT2D eigenvalue weighted by atomic mass is 16.5. The second-order valence-electron chi connectivity index (χ2n) is 5.08. The number of ether oxygens (including phenoxy) is 1. The highest BCUT2D eigenvalue weighted by Gasteiger charge is 2.20. The highest BCUT2D eigenvalue weighted by Crippen LogP contribution is 2.21. The Morgan fingerprint density at radius 3 is 2.44 bits per heavy atom. The van der Waals surface area contributed by atoms with Gasteiger partial charge in [-0.25, -0.2) is 0 Å². The molecule has 1 radical (unpaired) electrons. The lowest BCUT2D eigenvalue weighted by Crippen LogP contribution is -2.35. The lowest BCUT2D eigenvalue weighted by Gasteiger charge is -2.31. The first kappa shape index (κ1) is 12.1. The minimum atomic E-state index is 0.208. The number of likely N-dealkylation sites (tertiary alicyclic amines) is 1. The maximum absolute atomic E-state index is 10.5. The van der Waals surface area contributed by atoms with Gasteiger partial charge in [0.2, 0.25) is 6.29 Å². The summed E-state index contributed by atoms with van der Waals surface area (Å²) in [5.41, 5.74) is 0. The third-order valence-electron chi connectivity index (χ3n) is 3.95. The third-order valence-corrected chi connectivity index (χ3v) is 3.95. The number of carbonyl (C=O) groups excluding carboxylic acids is 1. The Labute approximate surface area is 98.1 Å². The van der Waals surface area contributed by atoms with Gasteiger partial charge in [-0.1, -0.05) is 0 Å². The van der Waals surface area contributed by atoms with E-state index in [1.54, 1.807) is 0 Å². The predicted molar refractivity (Wildman–Crippen MR) is 63.0 cm³/mol. The molecule has 0 atom stereocenters. The first-order chi connectivity index (χ1) is 7.88. The second kappa shape index (κ2) is 6.36. The van der Waals surface area contributed by atoms with Crippen LogP contribution in [0.25, 0.3) is 0 Å². The molecule has 2 saturated heterocycles. The highest BCUT2D eigenvalue weighted by molar-refractivity contribution is 5.54. The van der Waals surface area contributed by atoms with Crippen LogP contribution in [0.5, 0.6) is 0 Å². The van der Waals surface area contributed by atoms with Gasteiger partial charge >= 0.3 is 0 Å². The van der Waals surface area contributed by atoms with Gasteiger partial charge in [-0.15, -0.1) is 0 Å². The summed E-state index contributed by atoms with van der Waals surface area (Å²) in [6.07, 6.45) is 7.93. The first-order valence-electron chi connectivity index (χ1n) is 6.56. The molecule has 0 N–H and O–H groups in total. The van der Waals surface area contributed by atoms with Crippen LogP contribution in [0.15, 0.2) is 0 Å². The monoisotopic (exact) mass is 224 g/mol. The average molecular weight is 224 g/mol. The van der Waals surface area contributed by atoms with Gasteiger partial charge < -0.3 is 9.64 Å². The number of nitrogens with zero attached hydrogens (tertiary/aromatic N) is 1. The molecule has 0 aromatic rings. The van der Waals surface area contributed by atoms with Crippen LogP contribution in [0.2, 0.25) is 0 Å². The molecule has 2 rings (SSSR count). The largest absolute Gasteiger partial charge is 0.381 e. The lowest BCUT2D eigenvalue weighted by molar-refractivity contribution is 0.0587. The summed E-state index contributed by atoms with van der Waals surface area (Å²) in [6, 6.07) is 0. The molecule has 91 valence electrons. The van der Waals surface area contributed by atoms with Crippen LogP contribution in [0.3, 0.4) is 0 Å². The van der Waals surface area contributed by atoms with Gasteiger partial charge in [0.05, 0.1) is 0 Å². The van der Waals surface area contributed by atoms with Crippen LogP contribution in [-0.4, -0.2) is 44.0 Å². The topological polar surface area (TPSA) is 29.5 Å². The Morgan fingerprint density at radius 2 is 1.81 bits per heavy atom. The van der Waals surface area contributed by atoms with Crippen LogP contribution in [0.4, 0.5) is 0 Å². The SMILES string of the molecule is O=[C]C1CCN(CCC2CCOCC2)CC1. The molecular weight excluding hydrogens is 202 g/mol. The minimum Gasteiger partial charge on any atom is -0.381 e. The molecule has 2 aliphatic rings. The summed E-state index contributed by atoms with van der Waals surface area (Å²) in [6.45, 7) is 5.28. The van der Waals surface area contributed by atoms with E-state index in [0.717, 1.165) is 45.1 Å². The van der Waals surface area contributed by atoms with E-state index in [2.05, 4.69) is 11.2 Å². The predicted octanol–water partition coefficient (Wildman–Crippen LogP) is 1.62. The summed E-state index contributed by atoms with van der Waals surface area (Å²) < 4.78 is 5.36. The molecule has 0 aromatic heterocycles. The fourth-order valence-electron chi connectivity index (χ4n) is 2.67. The summed E-state index contributed by atoms with van der Waals surface area (Å²) in [5, 5.41) is 0. The first-order valence-corrected chi connectivity index (χ1v) is 6.56. The Morgan fingerprint density at radius 1 is 1.12 bits per heavy atom. The maximum Gasteiger partial charge on any atom is 0.201 e. The van der Waals surface area contributed by atoms with Gasteiger partial charge in [-0.2, -0.15) is 0 Å². The van der Waals surface area contributed by atoms with E-state index in [1.165, 1.54) is 25.8 Å². The fourth-order valence-corrected chi connectivity index (χ4v) is 2.67. The molecule has 16 heavy (non-hydrogen) atoms. The number of rotatable bonds is 4. The Balaban J connectivity index is 1.61. The van der Waals surface area contributed by atoms with Crippen molar-refractivity contribution in [3.8, 4) is 0 Å². The van der Waals surface area contributed by atoms with E-state index >= 15 is 0 Å². The zero-order valence-electron chi connectivity index (χ0n) is 9.99. The Kier molecular flexibility index (Phi) is 4.79. The summed E-state index contributed by atoms with van der Waals surface area (Å²) in [7, 11) is 0. The third kappa shape index (κ3) is 3.56. The van der Waals surface area contributed by atoms with Crippen molar-refractivity contribution < 1.29 is 9.53 Å². The average Bonchev–Trinajstić information content (AvgIpc) is 2.38. The Bertz CT molecular complexity index is 206. The molecule has 0 unspecified atom stereocenters. The van der Waals surface area contributed by atoms with E-state index < -0.39 is 0 Å². The molecule has 0 aliphatic carbocycles. The molecule has 0 aromatic carbocycles. The molecule has 0 spiro atoms. The van der Waals surface area contributed by atoms with Crippen molar-refractivity contribution in [3.63, 3.8) is 0 Å². The van der Waals surface area contributed by atoms with Crippen molar-refractivity contribution in [2.24, 2.45) is 11.8 Å². The van der Waals surface area contributed by atoms with Crippen LogP contribution in [0.1, 0.15) is 32.1 Å². The zero-order chi connectivity index (χ0) is 11.2. The molecule has 2 fully saturated rings. The number of hydrogen-bond acceptors (Lipinski definition) is 3. The van der Waals surface area contributed by atoms with Crippen LogP contribution >= 0.6 is 0 Å². The van der Waals surface area contributed by atoms with E-state index in [9.17, 15) is 4.79 Å². The van der Waals surface area contributed by atoms with Gasteiger partial charge in [-0.05, 0) is 57.7 Å². The number of piperidine rings is 1. The van der Waals surface area contributed by atoms with Gasteiger partial charge in [0.25, 0.3) is 0 Å². The van der Waals surface area contributed by atoms with E-state index in [1.807, 2.05) is 0 Å². The minimum absolute atomic E-state index is 0.208. The summed E-state index contributed by atoms with van der Waals surface area (Å²) >= 11 is 0. The van der Waals surface area contributed by atoms with Crippen molar-refractivity contribution in [2.45, 2.75) is 32.1 Å². The van der Waals surface area contributed by atoms with Crippen molar-refractivity contribution in [1.82, 2.24) is 4.90 Å². The van der Waals surface area contributed by atoms with Gasteiger partial charge in [-0.3, -0.25) is 4.79 Å². The van der Waals surface area contributed by atoms with Crippen molar-refractivity contribution >= 4 is 6.29 Å². The molecule has 2 heterocycles. The molecule has 3 heteroatoms. The van der Waals surface area contributed by atoms with Gasteiger partial charge in [0, 0.05) is 19.1 Å². The maximum atomic E-state index is 10.5. The molecule has 0 amide bonds. The molecule has 2 aliphatic heterocycles. The summed E-state index contributed by atoms with van der Waals surface area (Å²) in [5.74, 6) is 1.07. The Hall–Kier alpha value is -0.410.